The fraction of sp³-hybridized carbons (Fsp3) is 0.641. The SMILES string of the molecule is CC/C=C\C/C=C\C/C=C\C/C=C\C/C=C\CCCCCC(=O)OCC(COC(=O)CCCCCCC/C=C\CCCCCCC)OC(=O)CCCCCCCC/C=C\C/C=C\C/C=C\C/C=C\CC. The Morgan fingerprint density at radius 3 is 0.900 bits per heavy atom. The second kappa shape index (κ2) is 57.4. The molecule has 1 unspecified atom stereocenters. The first-order valence-electron chi connectivity index (χ1n) is 28.5. The number of ether oxygens (including phenoxy) is 3. The summed E-state index contributed by atoms with van der Waals surface area (Å²) in [6, 6.07) is 0. The zero-order chi connectivity index (χ0) is 50.7. The van der Waals surface area contributed by atoms with Crippen molar-refractivity contribution in [3.05, 3.63) is 122 Å². The standard InChI is InChI=1S/C64H104O6/c1-4-7-10-13-16-19-22-25-28-30-32-34-36-39-42-45-48-51-54-57-63(66)69-60-61(59-68-62(65)56-53-50-47-44-41-38-27-24-21-18-15-12-9-6-3)70-64(67)58-55-52-49-46-43-40-37-35-33-31-29-26-23-20-17-14-11-8-5-2/h7-8,10-11,16-17,19-20,24-29,32-35,39,42,61H,4-6,9,12-15,18,21-23,30-31,36-38,40-41,43-60H2,1-3H3/b10-7-,11-8-,19-16-,20-17-,27-24-,28-25-,29-26-,34-32-,35-33-,42-39-. The summed E-state index contributed by atoms with van der Waals surface area (Å²) in [6.07, 6.45) is 78.9. The molecule has 0 aliphatic heterocycles. The van der Waals surface area contributed by atoms with E-state index < -0.39 is 6.10 Å². The van der Waals surface area contributed by atoms with Crippen LogP contribution in [0.15, 0.2) is 122 Å². The molecule has 0 saturated carbocycles. The molecule has 0 aromatic rings. The number of rotatable bonds is 50. The lowest BCUT2D eigenvalue weighted by molar-refractivity contribution is -0.167. The summed E-state index contributed by atoms with van der Waals surface area (Å²) in [7, 11) is 0. The molecule has 0 spiro atoms. The van der Waals surface area contributed by atoms with Crippen molar-refractivity contribution in [3.8, 4) is 0 Å². The monoisotopic (exact) mass is 969 g/mol. The number of carbonyl (C=O) groups excluding carboxylic acids is 3. The Bertz CT molecular complexity index is 1490. The Hall–Kier alpha value is -4.19. The third-order valence-corrected chi connectivity index (χ3v) is 11.7. The zero-order valence-corrected chi connectivity index (χ0v) is 45.2. The molecular weight excluding hydrogens is 865 g/mol. The first kappa shape index (κ1) is 65.8. The van der Waals surface area contributed by atoms with Gasteiger partial charge in [0.1, 0.15) is 13.2 Å². The molecule has 0 heterocycles. The Kier molecular flexibility index (Phi) is 54.0. The average Bonchev–Trinajstić information content (AvgIpc) is 3.36. The van der Waals surface area contributed by atoms with Crippen molar-refractivity contribution >= 4 is 17.9 Å². The number of unbranched alkanes of at least 4 members (excludes halogenated alkanes) is 19. The summed E-state index contributed by atoms with van der Waals surface area (Å²) >= 11 is 0. The van der Waals surface area contributed by atoms with Crippen molar-refractivity contribution in [3.63, 3.8) is 0 Å². The maximum absolute atomic E-state index is 12.9. The number of hydrogen-bond donors (Lipinski definition) is 0. The Morgan fingerprint density at radius 2 is 0.557 bits per heavy atom. The highest BCUT2D eigenvalue weighted by molar-refractivity contribution is 5.71. The molecule has 0 bridgehead atoms. The summed E-state index contributed by atoms with van der Waals surface area (Å²) in [5.41, 5.74) is 0. The van der Waals surface area contributed by atoms with Crippen LogP contribution < -0.4 is 0 Å². The van der Waals surface area contributed by atoms with E-state index in [1.807, 2.05) is 0 Å². The fourth-order valence-corrected chi connectivity index (χ4v) is 7.45. The average molecular weight is 970 g/mol. The van der Waals surface area contributed by atoms with Gasteiger partial charge in [0.15, 0.2) is 6.10 Å². The molecule has 0 saturated heterocycles. The van der Waals surface area contributed by atoms with Crippen LogP contribution in [0.3, 0.4) is 0 Å². The first-order chi connectivity index (χ1) is 34.5. The Balaban J connectivity index is 4.50. The molecule has 1 atom stereocenters. The van der Waals surface area contributed by atoms with E-state index in [9.17, 15) is 14.4 Å². The molecular formula is C64H104O6. The van der Waals surface area contributed by atoms with Crippen molar-refractivity contribution in [1.29, 1.82) is 0 Å². The molecule has 6 heteroatoms. The van der Waals surface area contributed by atoms with Crippen molar-refractivity contribution < 1.29 is 28.6 Å². The summed E-state index contributed by atoms with van der Waals surface area (Å²) < 4.78 is 16.8. The predicted molar refractivity (Wildman–Crippen MR) is 302 cm³/mol. The van der Waals surface area contributed by atoms with Gasteiger partial charge < -0.3 is 14.2 Å². The van der Waals surface area contributed by atoms with Crippen LogP contribution in [0.25, 0.3) is 0 Å². The normalized spacial score (nSPS) is 13.0. The van der Waals surface area contributed by atoms with E-state index in [2.05, 4.69) is 142 Å². The van der Waals surface area contributed by atoms with Gasteiger partial charge in [-0.25, -0.2) is 0 Å². The molecule has 0 aliphatic rings. The minimum atomic E-state index is -0.807. The number of hydrogen-bond acceptors (Lipinski definition) is 6. The zero-order valence-electron chi connectivity index (χ0n) is 45.2. The van der Waals surface area contributed by atoms with Crippen LogP contribution in [0.2, 0.25) is 0 Å². The van der Waals surface area contributed by atoms with Gasteiger partial charge in [-0.05, 0) is 128 Å². The van der Waals surface area contributed by atoms with Crippen LogP contribution >= 0.6 is 0 Å². The predicted octanol–water partition coefficient (Wildman–Crippen LogP) is 19.3. The van der Waals surface area contributed by atoms with Crippen molar-refractivity contribution in [2.45, 2.75) is 252 Å². The second-order valence-electron chi connectivity index (χ2n) is 18.4. The molecule has 70 heavy (non-hydrogen) atoms. The van der Waals surface area contributed by atoms with Crippen LogP contribution in [-0.4, -0.2) is 37.2 Å². The van der Waals surface area contributed by atoms with Crippen LogP contribution in [0, 0.1) is 0 Å². The Morgan fingerprint density at radius 1 is 0.300 bits per heavy atom. The summed E-state index contributed by atoms with van der Waals surface area (Å²) in [4.78, 5) is 38.2. The molecule has 0 amide bonds. The molecule has 0 aromatic carbocycles. The van der Waals surface area contributed by atoms with Crippen LogP contribution in [0.1, 0.15) is 245 Å². The smallest absolute Gasteiger partial charge is 0.306 e. The van der Waals surface area contributed by atoms with Crippen molar-refractivity contribution in [1.82, 2.24) is 0 Å². The molecule has 0 radical (unpaired) electrons. The lowest BCUT2D eigenvalue weighted by Crippen LogP contribution is -2.30. The maximum Gasteiger partial charge on any atom is 0.306 e. The topological polar surface area (TPSA) is 78.9 Å². The molecule has 0 fully saturated rings. The van der Waals surface area contributed by atoms with Gasteiger partial charge in [0.05, 0.1) is 0 Å². The van der Waals surface area contributed by atoms with E-state index in [1.165, 1.54) is 57.8 Å². The summed E-state index contributed by atoms with van der Waals surface area (Å²) in [5.74, 6) is -0.959. The van der Waals surface area contributed by atoms with E-state index in [0.29, 0.717) is 19.3 Å². The van der Waals surface area contributed by atoms with Gasteiger partial charge in [-0.2, -0.15) is 0 Å². The van der Waals surface area contributed by atoms with Crippen molar-refractivity contribution in [2.75, 3.05) is 13.2 Å². The largest absolute Gasteiger partial charge is 0.462 e. The number of allylic oxidation sites excluding steroid dienone is 20. The van der Waals surface area contributed by atoms with E-state index in [-0.39, 0.29) is 31.1 Å². The second-order valence-corrected chi connectivity index (χ2v) is 18.4. The minimum Gasteiger partial charge on any atom is -0.462 e. The molecule has 0 rings (SSSR count). The lowest BCUT2D eigenvalue weighted by Gasteiger charge is -2.18. The first-order valence-corrected chi connectivity index (χ1v) is 28.5. The Labute approximate surface area is 431 Å². The van der Waals surface area contributed by atoms with Gasteiger partial charge in [-0.3, -0.25) is 14.4 Å². The number of carbonyl (C=O) groups is 3. The van der Waals surface area contributed by atoms with Gasteiger partial charge >= 0.3 is 17.9 Å². The highest BCUT2D eigenvalue weighted by atomic mass is 16.6. The van der Waals surface area contributed by atoms with E-state index >= 15 is 0 Å². The van der Waals surface area contributed by atoms with Crippen LogP contribution in [0.4, 0.5) is 0 Å². The highest BCUT2D eigenvalue weighted by Crippen LogP contribution is 2.13. The summed E-state index contributed by atoms with van der Waals surface area (Å²) in [6.45, 7) is 6.35. The van der Waals surface area contributed by atoms with E-state index in [4.69, 9.17) is 14.2 Å². The van der Waals surface area contributed by atoms with Gasteiger partial charge in [-0.1, -0.05) is 219 Å². The third kappa shape index (κ3) is 54.7. The van der Waals surface area contributed by atoms with E-state index in [1.54, 1.807) is 0 Å². The molecule has 6 nitrogen and oxygen atoms in total. The molecule has 396 valence electrons. The molecule has 0 aromatic heterocycles. The lowest BCUT2D eigenvalue weighted by atomic mass is 10.1. The van der Waals surface area contributed by atoms with E-state index in [0.717, 1.165) is 148 Å². The van der Waals surface area contributed by atoms with Gasteiger partial charge in [0, 0.05) is 19.3 Å². The number of esters is 3. The molecule has 0 aliphatic carbocycles. The minimum absolute atomic E-state index is 0.102. The van der Waals surface area contributed by atoms with Gasteiger partial charge in [-0.15, -0.1) is 0 Å². The van der Waals surface area contributed by atoms with Crippen LogP contribution in [-0.2, 0) is 28.6 Å². The third-order valence-electron chi connectivity index (χ3n) is 11.7. The molecule has 0 N–H and O–H groups in total. The fourth-order valence-electron chi connectivity index (χ4n) is 7.45. The van der Waals surface area contributed by atoms with Crippen molar-refractivity contribution in [2.24, 2.45) is 0 Å². The highest BCUT2D eigenvalue weighted by Gasteiger charge is 2.19. The quantitative estimate of drug-likeness (QED) is 0.0262. The van der Waals surface area contributed by atoms with Gasteiger partial charge in [0.25, 0.3) is 0 Å². The maximum atomic E-state index is 12.9. The van der Waals surface area contributed by atoms with Crippen LogP contribution in [0.5, 0.6) is 0 Å². The van der Waals surface area contributed by atoms with Gasteiger partial charge in [0.2, 0.25) is 0 Å². The summed E-state index contributed by atoms with van der Waals surface area (Å²) in [5, 5.41) is 0.